The van der Waals surface area contributed by atoms with Crippen molar-refractivity contribution in [2.75, 3.05) is 7.05 Å². The second kappa shape index (κ2) is 3.21. The molecule has 1 aliphatic rings. The lowest BCUT2D eigenvalue weighted by molar-refractivity contribution is 0.626. The third-order valence-electron chi connectivity index (χ3n) is 2.39. The fourth-order valence-electron chi connectivity index (χ4n) is 1.74. The Morgan fingerprint density at radius 2 is 2.23 bits per heavy atom. The SMILES string of the molecule is CNC1=CCCc2ccc(F)cc21. The van der Waals surface area contributed by atoms with Gasteiger partial charge in [-0.3, -0.25) is 0 Å². The van der Waals surface area contributed by atoms with Crippen LogP contribution in [0.5, 0.6) is 0 Å². The maximum atomic E-state index is 12.9. The van der Waals surface area contributed by atoms with Gasteiger partial charge in [0.15, 0.2) is 0 Å². The minimum absolute atomic E-state index is 0.165. The van der Waals surface area contributed by atoms with E-state index in [1.54, 1.807) is 6.07 Å². The van der Waals surface area contributed by atoms with Gasteiger partial charge in [-0.15, -0.1) is 0 Å². The van der Waals surface area contributed by atoms with E-state index in [4.69, 9.17) is 0 Å². The molecule has 0 bridgehead atoms. The fourth-order valence-corrected chi connectivity index (χ4v) is 1.74. The van der Waals surface area contributed by atoms with Crippen molar-refractivity contribution in [3.8, 4) is 0 Å². The molecule has 0 atom stereocenters. The zero-order valence-electron chi connectivity index (χ0n) is 7.60. The number of allylic oxidation sites excluding steroid dienone is 1. The average molecular weight is 177 g/mol. The normalized spacial score (nSPS) is 14.8. The Balaban J connectivity index is 2.51. The molecule has 1 aliphatic carbocycles. The number of hydrogen-bond donors (Lipinski definition) is 1. The molecule has 2 heteroatoms. The van der Waals surface area contributed by atoms with Crippen molar-refractivity contribution in [3.05, 3.63) is 41.2 Å². The van der Waals surface area contributed by atoms with Crippen LogP contribution in [0.1, 0.15) is 17.5 Å². The Labute approximate surface area is 77.3 Å². The number of halogens is 1. The molecule has 1 nitrogen and oxygen atoms in total. The molecule has 13 heavy (non-hydrogen) atoms. The summed E-state index contributed by atoms with van der Waals surface area (Å²) in [6.45, 7) is 0. The molecule has 68 valence electrons. The Morgan fingerprint density at radius 1 is 1.38 bits per heavy atom. The van der Waals surface area contributed by atoms with Crippen molar-refractivity contribution in [2.45, 2.75) is 12.8 Å². The predicted octanol–water partition coefficient (Wildman–Crippen LogP) is 2.33. The van der Waals surface area contributed by atoms with E-state index in [2.05, 4.69) is 11.4 Å². The molecule has 0 spiro atoms. The summed E-state index contributed by atoms with van der Waals surface area (Å²) < 4.78 is 12.9. The highest BCUT2D eigenvalue weighted by Crippen LogP contribution is 2.24. The number of rotatable bonds is 1. The van der Waals surface area contributed by atoms with Crippen LogP contribution in [0.3, 0.4) is 0 Å². The van der Waals surface area contributed by atoms with Crippen molar-refractivity contribution in [2.24, 2.45) is 0 Å². The quantitative estimate of drug-likeness (QED) is 0.694. The summed E-state index contributed by atoms with van der Waals surface area (Å²) in [7, 11) is 1.87. The van der Waals surface area contributed by atoms with Gasteiger partial charge < -0.3 is 5.32 Å². The third-order valence-corrected chi connectivity index (χ3v) is 2.39. The number of fused-ring (bicyclic) bond motifs is 1. The van der Waals surface area contributed by atoms with E-state index < -0.39 is 0 Å². The minimum Gasteiger partial charge on any atom is -0.388 e. The molecule has 0 aliphatic heterocycles. The smallest absolute Gasteiger partial charge is 0.123 e. The van der Waals surface area contributed by atoms with E-state index in [-0.39, 0.29) is 5.82 Å². The fraction of sp³-hybridized carbons (Fsp3) is 0.273. The van der Waals surface area contributed by atoms with Crippen LogP contribution in [0.2, 0.25) is 0 Å². The van der Waals surface area contributed by atoms with Gasteiger partial charge in [0.05, 0.1) is 0 Å². The molecule has 1 aromatic carbocycles. The first-order chi connectivity index (χ1) is 6.31. The first-order valence-corrected chi connectivity index (χ1v) is 4.48. The van der Waals surface area contributed by atoms with Gasteiger partial charge in [-0.1, -0.05) is 12.1 Å². The lowest BCUT2D eigenvalue weighted by atomic mass is 9.95. The standard InChI is InChI=1S/C11H12FN/c1-13-11-4-2-3-8-5-6-9(12)7-10(8)11/h4-7,13H,2-3H2,1H3. The van der Waals surface area contributed by atoms with Gasteiger partial charge in [-0.25, -0.2) is 4.39 Å². The Bertz CT molecular complexity index is 355. The maximum Gasteiger partial charge on any atom is 0.123 e. The van der Waals surface area contributed by atoms with Crippen molar-refractivity contribution >= 4 is 5.70 Å². The highest BCUT2D eigenvalue weighted by molar-refractivity contribution is 5.68. The minimum atomic E-state index is -0.165. The van der Waals surface area contributed by atoms with Crippen LogP contribution >= 0.6 is 0 Å². The third kappa shape index (κ3) is 1.44. The summed E-state index contributed by atoms with van der Waals surface area (Å²) in [6, 6.07) is 4.99. The summed E-state index contributed by atoms with van der Waals surface area (Å²) in [5, 5.41) is 3.08. The van der Waals surface area contributed by atoms with E-state index in [1.807, 2.05) is 13.1 Å². The first kappa shape index (κ1) is 8.30. The highest BCUT2D eigenvalue weighted by atomic mass is 19.1. The molecule has 2 rings (SSSR count). The Kier molecular flexibility index (Phi) is 2.05. The maximum absolute atomic E-state index is 12.9. The van der Waals surface area contributed by atoms with Crippen molar-refractivity contribution in [1.82, 2.24) is 5.32 Å². The Morgan fingerprint density at radius 3 is 3.00 bits per heavy atom. The van der Waals surface area contributed by atoms with E-state index in [9.17, 15) is 4.39 Å². The van der Waals surface area contributed by atoms with Crippen LogP contribution < -0.4 is 5.32 Å². The summed E-state index contributed by atoms with van der Waals surface area (Å²) in [4.78, 5) is 0. The first-order valence-electron chi connectivity index (χ1n) is 4.48. The van der Waals surface area contributed by atoms with E-state index >= 15 is 0 Å². The molecule has 0 amide bonds. The van der Waals surface area contributed by atoms with Gasteiger partial charge in [0.1, 0.15) is 5.82 Å². The van der Waals surface area contributed by atoms with Crippen LogP contribution in [0.15, 0.2) is 24.3 Å². The van der Waals surface area contributed by atoms with Gasteiger partial charge in [-0.05, 0) is 30.5 Å². The van der Waals surface area contributed by atoms with E-state index in [0.717, 1.165) is 24.1 Å². The molecular weight excluding hydrogens is 165 g/mol. The van der Waals surface area contributed by atoms with E-state index in [0.29, 0.717) is 0 Å². The zero-order valence-corrected chi connectivity index (χ0v) is 7.60. The topological polar surface area (TPSA) is 12.0 Å². The molecule has 0 fully saturated rings. The molecule has 0 heterocycles. The van der Waals surface area contributed by atoms with Crippen LogP contribution in [0.4, 0.5) is 4.39 Å². The van der Waals surface area contributed by atoms with E-state index in [1.165, 1.54) is 11.6 Å². The average Bonchev–Trinajstić information content (AvgIpc) is 2.17. The van der Waals surface area contributed by atoms with Crippen LogP contribution in [-0.2, 0) is 6.42 Å². The predicted molar refractivity (Wildman–Crippen MR) is 51.8 cm³/mol. The number of nitrogens with one attached hydrogen (secondary N) is 1. The highest BCUT2D eigenvalue weighted by Gasteiger charge is 2.11. The van der Waals surface area contributed by atoms with Gasteiger partial charge >= 0.3 is 0 Å². The number of aryl methyl sites for hydroxylation is 1. The van der Waals surface area contributed by atoms with Crippen LogP contribution in [-0.4, -0.2) is 7.05 Å². The second-order valence-corrected chi connectivity index (χ2v) is 3.21. The number of benzene rings is 1. The van der Waals surface area contributed by atoms with Gasteiger partial charge in [0.25, 0.3) is 0 Å². The molecule has 0 radical (unpaired) electrons. The summed E-state index contributed by atoms with van der Waals surface area (Å²) >= 11 is 0. The van der Waals surface area contributed by atoms with Crippen molar-refractivity contribution in [1.29, 1.82) is 0 Å². The Hall–Kier alpha value is -1.31. The molecule has 0 unspecified atom stereocenters. The molecular formula is C11H12FN. The lowest BCUT2D eigenvalue weighted by Gasteiger charge is -2.17. The van der Waals surface area contributed by atoms with Gasteiger partial charge in [0, 0.05) is 18.3 Å². The largest absolute Gasteiger partial charge is 0.388 e. The lowest BCUT2D eigenvalue weighted by Crippen LogP contribution is -2.10. The molecule has 0 aromatic heterocycles. The zero-order chi connectivity index (χ0) is 9.26. The molecule has 1 aromatic rings. The number of hydrogen-bond acceptors (Lipinski definition) is 1. The van der Waals surface area contributed by atoms with Gasteiger partial charge in [-0.2, -0.15) is 0 Å². The summed E-state index contributed by atoms with van der Waals surface area (Å²) in [5.41, 5.74) is 3.28. The molecule has 1 N–H and O–H groups in total. The summed E-state index contributed by atoms with van der Waals surface area (Å²) in [5.74, 6) is -0.165. The molecule has 0 saturated heterocycles. The summed E-state index contributed by atoms with van der Waals surface area (Å²) in [6.07, 6.45) is 4.16. The van der Waals surface area contributed by atoms with Crippen LogP contribution in [0, 0.1) is 5.82 Å². The van der Waals surface area contributed by atoms with Crippen molar-refractivity contribution in [3.63, 3.8) is 0 Å². The van der Waals surface area contributed by atoms with Crippen molar-refractivity contribution < 1.29 is 4.39 Å². The monoisotopic (exact) mass is 177 g/mol. The molecule has 0 saturated carbocycles. The van der Waals surface area contributed by atoms with Crippen LogP contribution in [0.25, 0.3) is 5.70 Å². The second-order valence-electron chi connectivity index (χ2n) is 3.21. The van der Waals surface area contributed by atoms with Gasteiger partial charge in [0.2, 0.25) is 0 Å².